The fraction of sp³-hybridized carbons (Fsp3) is 0.900. The minimum atomic E-state index is 0.523. The first kappa shape index (κ1) is 11.0. The Morgan fingerprint density at radius 3 is 1.82 bits per heavy atom. The second-order valence-electron chi connectivity index (χ2n) is 3.10. The van der Waals surface area contributed by atoms with Crippen molar-refractivity contribution in [2.45, 2.75) is 46.1 Å². The van der Waals surface area contributed by atoms with Crippen LogP contribution < -0.4 is 0 Å². The molecular formula is C10H22N. The van der Waals surface area contributed by atoms with E-state index < -0.39 is 0 Å². The van der Waals surface area contributed by atoms with Crippen LogP contribution in [0.1, 0.15) is 40.0 Å². The monoisotopic (exact) mass is 156 g/mol. The first-order valence-corrected chi connectivity index (χ1v) is 4.83. The van der Waals surface area contributed by atoms with Gasteiger partial charge in [0.1, 0.15) is 0 Å². The van der Waals surface area contributed by atoms with Gasteiger partial charge in [0.2, 0.25) is 0 Å². The molecule has 0 amide bonds. The van der Waals surface area contributed by atoms with Gasteiger partial charge >= 0.3 is 0 Å². The van der Waals surface area contributed by atoms with E-state index in [1.807, 2.05) is 0 Å². The molecule has 0 bridgehead atoms. The van der Waals surface area contributed by atoms with Crippen molar-refractivity contribution in [1.29, 1.82) is 0 Å². The van der Waals surface area contributed by atoms with Crippen LogP contribution in [0.15, 0.2) is 0 Å². The van der Waals surface area contributed by atoms with Gasteiger partial charge in [-0.05, 0) is 39.3 Å². The topological polar surface area (TPSA) is 3.24 Å². The van der Waals surface area contributed by atoms with E-state index in [0.29, 0.717) is 6.04 Å². The maximum Gasteiger partial charge on any atom is 0.00932 e. The molecule has 0 aliphatic rings. The average Bonchev–Trinajstić information content (AvgIpc) is 2.03. The molecule has 0 aliphatic carbocycles. The van der Waals surface area contributed by atoms with Gasteiger partial charge in [-0.15, -0.1) is 0 Å². The fourth-order valence-corrected chi connectivity index (χ4v) is 1.31. The van der Waals surface area contributed by atoms with E-state index in [4.69, 9.17) is 0 Å². The summed E-state index contributed by atoms with van der Waals surface area (Å²) in [7, 11) is 0. The summed E-state index contributed by atoms with van der Waals surface area (Å²) < 4.78 is 0. The predicted molar refractivity (Wildman–Crippen MR) is 51.6 cm³/mol. The minimum absolute atomic E-state index is 0.523. The Hall–Kier alpha value is -0.0400. The van der Waals surface area contributed by atoms with Gasteiger partial charge in [0.15, 0.2) is 0 Å². The smallest absolute Gasteiger partial charge is 0.00932 e. The summed E-state index contributed by atoms with van der Waals surface area (Å²) in [5.41, 5.74) is 0. The zero-order chi connectivity index (χ0) is 8.69. The summed E-state index contributed by atoms with van der Waals surface area (Å²) in [6.45, 7) is 13.2. The molecule has 0 aromatic carbocycles. The highest BCUT2D eigenvalue weighted by atomic mass is 15.1. The van der Waals surface area contributed by atoms with Gasteiger partial charge in [-0.25, -0.2) is 0 Å². The van der Waals surface area contributed by atoms with E-state index in [0.717, 1.165) is 0 Å². The molecule has 0 fully saturated rings. The van der Waals surface area contributed by atoms with Crippen molar-refractivity contribution in [2.75, 3.05) is 13.1 Å². The Balaban J connectivity index is 3.66. The molecule has 0 N–H and O–H groups in total. The van der Waals surface area contributed by atoms with Crippen molar-refractivity contribution in [3.05, 3.63) is 6.92 Å². The quantitative estimate of drug-likeness (QED) is 0.571. The lowest BCUT2D eigenvalue weighted by molar-refractivity contribution is 0.223. The number of nitrogens with zero attached hydrogens (tertiary/aromatic N) is 1. The normalized spacial score (nSPS) is 13.9. The molecule has 0 aliphatic heterocycles. The van der Waals surface area contributed by atoms with Crippen LogP contribution in [-0.2, 0) is 0 Å². The van der Waals surface area contributed by atoms with Crippen LogP contribution in [0.4, 0.5) is 0 Å². The van der Waals surface area contributed by atoms with Crippen LogP contribution in [0.3, 0.4) is 0 Å². The van der Waals surface area contributed by atoms with Crippen LogP contribution in [0.5, 0.6) is 0 Å². The summed E-state index contributed by atoms with van der Waals surface area (Å²) in [5.74, 6) is 0. The molecule has 0 saturated carbocycles. The number of hydrogen-bond acceptors (Lipinski definition) is 1. The van der Waals surface area contributed by atoms with E-state index in [2.05, 4.69) is 32.6 Å². The maximum atomic E-state index is 4.12. The molecule has 1 unspecified atom stereocenters. The van der Waals surface area contributed by atoms with E-state index in [9.17, 15) is 0 Å². The van der Waals surface area contributed by atoms with Gasteiger partial charge in [0, 0.05) is 6.04 Å². The van der Waals surface area contributed by atoms with Crippen molar-refractivity contribution in [3.8, 4) is 0 Å². The van der Waals surface area contributed by atoms with Crippen molar-refractivity contribution in [3.63, 3.8) is 0 Å². The van der Waals surface area contributed by atoms with Gasteiger partial charge in [0.25, 0.3) is 0 Å². The molecule has 1 radical (unpaired) electrons. The van der Waals surface area contributed by atoms with E-state index in [-0.39, 0.29) is 0 Å². The van der Waals surface area contributed by atoms with E-state index in [1.165, 1.54) is 32.4 Å². The molecule has 1 heteroatoms. The first-order valence-electron chi connectivity index (χ1n) is 4.83. The van der Waals surface area contributed by atoms with Gasteiger partial charge in [-0.3, -0.25) is 0 Å². The molecule has 0 aromatic rings. The number of hydrogen-bond donors (Lipinski definition) is 0. The van der Waals surface area contributed by atoms with Crippen LogP contribution >= 0.6 is 0 Å². The largest absolute Gasteiger partial charge is 0.300 e. The Kier molecular flexibility index (Phi) is 6.63. The molecule has 0 aromatic heterocycles. The molecule has 11 heavy (non-hydrogen) atoms. The summed E-state index contributed by atoms with van der Waals surface area (Å²) in [6, 6.07) is 0.523. The average molecular weight is 156 g/mol. The Morgan fingerprint density at radius 1 is 1.09 bits per heavy atom. The van der Waals surface area contributed by atoms with Crippen molar-refractivity contribution in [1.82, 2.24) is 4.90 Å². The molecule has 0 heterocycles. The zero-order valence-corrected chi connectivity index (χ0v) is 8.27. The van der Waals surface area contributed by atoms with Gasteiger partial charge in [-0.1, -0.05) is 20.8 Å². The Morgan fingerprint density at radius 2 is 1.55 bits per heavy atom. The van der Waals surface area contributed by atoms with Gasteiger partial charge < -0.3 is 4.90 Å². The van der Waals surface area contributed by atoms with Gasteiger partial charge in [-0.2, -0.15) is 0 Å². The summed E-state index contributed by atoms with van der Waals surface area (Å²) in [6.07, 6.45) is 3.65. The molecule has 0 rings (SSSR count). The van der Waals surface area contributed by atoms with Crippen LogP contribution in [-0.4, -0.2) is 24.0 Å². The SMILES string of the molecule is [CH2]C(CC)N(CCC)CCC. The zero-order valence-electron chi connectivity index (χ0n) is 8.27. The summed E-state index contributed by atoms with van der Waals surface area (Å²) in [5, 5.41) is 0. The van der Waals surface area contributed by atoms with Gasteiger partial charge in [0.05, 0.1) is 0 Å². The van der Waals surface area contributed by atoms with Crippen molar-refractivity contribution in [2.24, 2.45) is 0 Å². The lowest BCUT2D eigenvalue weighted by Gasteiger charge is -2.27. The molecule has 1 atom stereocenters. The highest BCUT2D eigenvalue weighted by molar-refractivity contribution is 4.71. The standard InChI is InChI=1S/C10H22N/c1-5-8-11(9-6-2)10(4)7-3/h10H,4-9H2,1-3H3. The van der Waals surface area contributed by atoms with E-state index >= 15 is 0 Å². The fourth-order valence-electron chi connectivity index (χ4n) is 1.31. The highest BCUT2D eigenvalue weighted by Gasteiger charge is 2.08. The second-order valence-corrected chi connectivity index (χ2v) is 3.10. The summed E-state index contributed by atoms with van der Waals surface area (Å²) in [4.78, 5) is 2.47. The number of rotatable bonds is 6. The maximum absolute atomic E-state index is 4.12. The Bertz CT molecular complexity index is 74.9. The molecular weight excluding hydrogens is 134 g/mol. The minimum Gasteiger partial charge on any atom is -0.300 e. The second kappa shape index (κ2) is 6.66. The van der Waals surface area contributed by atoms with Crippen LogP contribution in [0, 0.1) is 6.92 Å². The van der Waals surface area contributed by atoms with Crippen molar-refractivity contribution < 1.29 is 0 Å². The highest BCUT2D eigenvalue weighted by Crippen LogP contribution is 2.04. The van der Waals surface area contributed by atoms with Crippen molar-refractivity contribution >= 4 is 0 Å². The third-order valence-electron chi connectivity index (χ3n) is 2.01. The molecule has 67 valence electrons. The lowest BCUT2D eigenvalue weighted by atomic mass is 10.2. The third-order valence-corrected chi connectivity index (χ3v) is 2.01. The third kappa shape index (κ3) is 4.41. The molecule has 0 spiro atoms. The Labute approximate surface area is 71.8 Å². The van der Waals surface area contributed by atoms with Crippen LogP contribution in [0.2, 0.25) is 0 Å². The summed E-state index contributed by atoms with van der Waals surface area (Å²) >= 11 is 0. The predicted octanol–water partition coefficient (Wildman–Crippen LogP) is 2.72. The molecule has 1 nitrogen and oxygen atoms in total. The molecule has 0 saturated heterocycles. The van der Waals surface area contributed by atoms with Crippen LogP contribution in [0.25, 0.3) is 0 Å². The van der Waals surface area contributed by atoms with E-state index in [1.54, 1.807) is 0 Å². The lowest BCUT2D eigenvalue weighted by Crippen LogP contribution is -2.34. The first-order chi connectivity index (χ1) is 5.26.